The third kappa shape index (κ3) is 2.52. The molecule has 0 atom stereocenters. The predicted molar refractivity (Wildman–Crippen MR) is 61.8 cm³/mol. The van der Waals surface area contributed by atoms with Crippen molar-refractivity contribution in [3.8, 4) is 5.88 Å². The van der Waals surface area contributed by atoms with Crippen LogP contribution in [-0.2, 0) is 0 Å². The van der Waals surface area contributed by atoms with E-state index in [9.17, 15) is 10.1 Å². The molecule has 1 aliphatic carbocycles. The average Bonchev–Trinajstić information content (AvgIpc) is 2.24. The summed E-state index contributed by atoms with van der Waals surface area (Å²) in [6, 6.07) is 1.47. The monoisotopic (exact) mass is 237 g/mol. The number of nitrogens with two attached hydrogens (primary N) is 1. The first kappa shape index (κ1) is 11.8. The Kier molecular flexibility index (Phi) is 3.23. The summed E-state index contributed by atoms with van der Waals surface area (Å²) < 4.78 is 5.66. The summed E-state index contributed by atoms with van der Waals surface area (Å²) in [6.45, 7) is 2.45. The van der Waals surface area contributed by atoms with Gasteiger partial charge in [0.2, 0.25) is 5.88 Å². The Morgan fingerprint density at radius 2 is 2.35 bits per heavy atom. The zero-order valence-corrected chi connectivity index (χ0v) is 9.63. The van der Waals surface area contributed by atoms with Gasteiger partial charge in [0, 0.05) is 11.6 Å². The van der Waals surface area contributed by atoms with Crippen molar-refractivity contribution < 1.29 is 9.66 Å². The maximum Gasteiger partial charge on any atom is 0.288 e. The lowest BCUT2D eigenvalue weighted by atomic mass is 9.82. The van der Waals surface area contributed by atoms with Crippen molar-refractivity contribution in [2.75, 3.05) is 6.54 Å². The standard InChI is InChI=1S/C11H15N3O3/c1-7-2-9(14(15)16)6-13-11(7)17-10-3-8(4-10)5-12/h2,6,8,10H,3-5,12H2,1H3. The van der Waals surface area contributed by atoms with E-state index in [2.05, 4.69) is 4.98 Å². The summed E-state index contributed by atoms with van der Waals surface area (Å²) >= 11 is 0. The van der Waals surface area contributed by atoms with Crippen LogP contribution in [0.4, 0.5) is 5.69 Å². The number of pyridine rings is 1. The molecule has 0 amide bonds. The van der Waals surface area contributed by atoms with Crippen LogP contribution in [0.1, 0.15) is 18.4 Å². The molecule has 1 aromatic heterocycles. The Morgan fingerprint density at radius 1 is 1.65 bits per heavy atom. The van der Waals surface area contributed by atoms with E-state index >= 15 is 0 Å². The third-order valence-corrected chi connectivity index (χ3v) is 3.03. The second kappa shape index (κ2) is 4.67. The van der Waals surface area contributed by atoms with Crippen molar-refractivity contribution in [3.05, 3.63) is 27.9 Å². The van der Waals surface area contributed by atoms with Crippen LogP contribution in [0.15, 0.2) is 12.3 Å². The van der Waals surface area contributed by atoms with Crippen LogP contribution in [0, 0.1) is 23.0 Å². The maximum absolute atomic E-state index is 10.5. The van der Waals surface area contributed by atoms with Gasteiger partial charge in [0.05, 0.1) is 4.92 Å². The summed E-state index contributed by atoms with van der Waals surface area (Å²) in [6.07, 6.45) is 3.25. The Hall–Kier alpha value is -1.69. The van der Waals surface area contributed by atoms with Crippen molar-refractivity contribution in [2.24, 2.45) is 11.7 Å². The molecule has 0 spiro atoms. The highest BCUT2D eigenvalue weighted by Gasteiger charge is 2.30. The number of rotatable bonds is 4. The third-order valence-electron chi connectivity index (χ3n) is 3.03. The highest BCUT2D eigenvalue weighted by atomic mass is 16.6. The second-order valence-corrected chi connectivity index (χ2v) is 4.39. The summed E-state index contributed by atoms with van der Waals surface area (Å²) in [4.78, 5) is 14.1. The average molecular weight is 237 g/mol. The van der Waals surface area contributed by atoms with Crippen molar-refractivity contribution in [2.45, 2.75) is 25.9 Å². The summed E-state index contributed by atoms with van der Waals surface area (Å²) in [7, 11) is 0. The molecule has 0 aromatic carbocycles. The largest absolute Gasteiger partial charge is 0.474 e. The molecule has 0 radical (unpaired) electrons. The molecule has 1 saturated carbocycles. The topological polar surface area (TPSA) is 91.3 Å². The van der Waals surface area contributed by atoms with Crippen LogP contribution in [-0.4, -0.2) is 22.6 Å². The number of ether oxygens (including phenoxy) is 1. The Labute approximate surface area is 98.9 Å². The van der Waals surface area contributed by atoms with Crippen molar-refractivity contribution in [1.29, 1.82) is 0 Å². The molecule has 0 saturated heterocycles. The van der Waals surface area contributed by atoms with Gasteiger partial charge in [-0.05, 0) is 32.2 Å². The van der Waals surface area contributed by atoms with Gasteiger partial charge >= 0.3 is 0 Å². The van der Waals surface area contributed by atoms with Gasteiger partial charge in [-0.1, -0.05) is 0 Å². The molecule has 0 unspecified atom stereocenters. The summed E-state index contributed by atoms with van der Waals surface area (Å²) in [5.74, 6) is 1.02. The van der Waals surface area contributed by atoms with E-state index in [1.54, 1.807) is 6.92 Å². The van der Waals surface area contributed by atoms with E-state index in [1.165, 1.54) is 12.3 Å². The lowest BCUT2D eigenvalue weighted by Crippen LogP contribution is -2.38. The molecule has 1 heterocycles. The minimum Gasteiger partial charge on any atom is -0.474 e. The number of nitro groups is 1. The van der Waals surface area contributed by atoms with Crippen LogP contribution in [0.3, 0.4) is 0 Å². The first-order valence-corrected chi connectivity index (χ1v) is 5.58. The molecule has 0 bridgehead atoms. The Bertz CT molecular complexity index is 430. The van der Waals surface area contributed by atoms with E-state index < -0.39 is 4.92 Å². The van der Waals surface area contributed by atoms with Crippen LogP contribution in [0.5, 0.6) is 5.88 Å². The van der Waals surface area contributed by atoms with Gasteiger partial charge < -0.3 is 10.5 Å². The number of hydrogen-bond acceptors (Lipinski definition) is 5. The lowest BCUT2D eigenvalue weighted by Gasteiger charge is -2.34. The molecular weight excluding hydrogens is 222 g/mol. The molecular formula is C11H15N3O3. The number of aryl methyl sites for hydroxylation is 1. The van der Waals surface area contributed by atoms with Gasteiger partial charge in [0.25, 0.3) is 5.69 Å². The van der Waals surface area contributed by atoms with Crippen molar-refractivity contribution in [1.82, 2.24) is 4.98 Å². The highest BCUT2D eigenvalue weighted by molar-refractivity contribution is 5.36. The fourth-order valence-electron chi connectivity index (χ4n) is 1.89. The van der Waals surface area contributed by atoms with E-state index in [1.807, 2.05) is 0 Å². The fraction of sp³-hybridized carbons (Fsp3) is 0.545. The van der Waals surface area contributed by atoms with Gasteiger partial charge in [-0.2, -0.15) is 0 Å². The normalized spacial score (nSPS) is 22.9. The molecule has 1 fully saturated rings. The SMILES string of the molecule is Cc1cc([N+](=O)[O-])cnc1OC1CC(CN)C1. The van der Waals surface area contributed by atoms with Crippen molar-refractivity contribution >= 4 is 5.69 Å². The van der Waals surface area contributed by atoms with Crippen LogP contribution >= 0.6 is 0 Å². The van der Waals surface area contributed by atoms with Gasteiger partial charge in [-0.3, -0.25) is 10.1 Å². The van der Waals surface area contributed by atoms with Gasteiger partial charge in [-0.15, -0.1) is 0 Å². The van der Waals surface area contributed by atoms with Crippen LogP contribution < -0.4 is 10.5 Å². The van der Waals surface area contributed by atoms with E-state index in [0.717, 1.165) is 12.8 Å². The summed E-state index contributed by atoms with van der Waals surface area (Å²) in [5.41, 5.74) is 6.21. The zero-order valence-electron chi connectivity index (χ0n) is 9.63. The van der Waals surface area contributed by atoms with Crippen LogP contribution in [0.2, 0.25) is 0 Å². The van der Waals surface area contributed by atoms with Gasteiger partial charge in [-0.25, -0.2) is 4.98 Å². The number of nitrogens with zero attached hydrogens (tertiary/aromatic N) is 2. The first-order valence-electron chi connectivity index (χ1n) is 5.58. The molecule has 6 heteroatoms. The minimum absolute atomic E-state index is 0.0108. The zero-order chi connectivity index (χ0) is 12.4. The molecule has 6 nitrogen and oxygen atoms in total. The molecule has 2 N–H and O–H groups in total. The smallest absolute Gasteiger partial charge is 0.288 e. The van der Waals surface area contributed by atoms with Crippen LogP contribution in [0.25, 0.3) is 0 Å². The fourth-order valence-corrected chi connectivity index (χ4v) is 1.89. The predicted octanol–water partition coefficient (Wildman–Crippen LogP) is 1.41. The molecule has 17 heavy (non-hydrogen) atoms. The number of aromatic nitrogens is 1. The van der Waals surface area contributed by atoms with Gasteiger partial charge in [0.1, 0.15) is 12.3 Å². The van der Waals surface area contributed by atoms with Gasteiger partial charge in [0.15, 0.2) is 0 Å². The number of hydrogen-bond donors (Lipinski definition) is 1. The van der Waals surface area contributed by atoms with E-state index in [4.69, 9.17) is 10.5 Å². The molecule has 0 aliphatic heterocycles. The quantitative estimate of drug-likeness (QED) is 0.631. The lowest BCUT2D eigenvalue weighted by molar-refractivity contribution is -0.385. The van der Waals surface area contributed by atoms with E-state index in [0.29, 0.717) is 23.9 Å². The molecule has 2 rings (SSSR count). The Balaban J connectivity index is 2.00. The minimum atomic E-state index is -0.461. The highest BCUT2D eigenvalue weighted by Crippen LogP contribution is 2.31. The Morgan fingerprint density at radius 3 is 2.88 bits per heavy atom. The second-order valence-electron chi connectivity index (χ2n) is 4.39. The molecule has 92 valence electrons. The molecule has 1 aromatic rings. The summed E-state index contributed by atoms with van der Waals surface area (Å²) in [5, 5.41) is 10.5. The maximum atomic E-state index is 10.5. The first-order chi connectivity index (χ1) is 8.10. The van der Waals surface area contributed by atoms with Crippen molar-refractivity contribution in [3.63, 3.8) is 0 Å². The van der Waals surface area contributed by atoms with E-state index in [-0.39, 0.29) is 11.8 Å². The molecule has 1 aliphatic rings.